The number of aliphatic hydroxyl groups excluding tert-OH is 2. The van der Waals surface area contributed by atoms with Crippen molar-refractivity contribution in [3.05, 3.63) is 58.9 Å². The van der Waals surface area contributed by atoms with Crippen LogP contribution >= 0.6 is 11.6 Å². The summed E-state index contributed by atoms with van der Waals surface area (Å²) in [4.78, 5) is 11.5. The quantitative estimate of drug-likeness (QED) is 0.425. The minimum Gasteiger partial charge on any atom is -0.397 e. The number of ether oxygens (including phenoxy) is 1. The smallest absolute Gasteiger partial charge is 0.397 e. The molecule has 1 fully saturated rings. The fourth-order valence-electron chi connectivity index (χ4n) is 3.80. The van der Waals surface area contributed by atoms with Gasteiger partial charge in [0.15, 0.2) is 6.23 Å². The van der Waals surface area contributed by atoms with Gasteiger partial charge in [-0.25, -0.2) is 4.98 Å². The van der Waals surface area contributed by atoms with Crippen LogP contribution in [0.15, 0.2) is 48.0 Å². The lowest BCUT2D eigenvalue weighted by Crippen LogP contribution is -2.56. The van der Waals surface area contributed by atoms with Crippen molar-refractivity contribution in [1.82, 2.24) is 14.5 Å². The maximum Gasteiger partial charge on any atom is 0.424 e. The fraction of sp³-hybridized carbons (Fsp3) is 0.368. The highest BCUT2D eigenvalue weighted by atomic mass is 35.5. The van der Waals surface area contributed by atoms with Crippen LogP contribution in [0.5, 0.6) is 0 Å². The number of rotatable bonds is 4. The molecule has 5 atom stereocenters. The van der Waals surface area contributed by atoms with Crippen molar-refractivity contribution < 1.29 is 38.1 Å². The van der Waals surface area contributed by atoms with Gasteiger partial charge in [-0.2, -0.15) is 13.2 Å². The molecule has 0 saturated carbocycles. The Morgan fingerprint density at radius 2 is 1.88 bits per heavy atom. The molecule has 4 N–H and O–H groups in total. The number of alkyl halides is 3. The number of nitrogens with one attached hydrogen (secondary N) is 1. The van der Waals surface area contributed by atoms with Gasteiger partial charge in [-0.1, -0.05) is 28.9 Å². The van der Waals surface area contributed by atoms with E-state index in [0.717, 1.165) is 12.1 Å². The van der Waals surface area contributed by atoms with E-state index in [9.17, 15) is 28.5 Å². The van der Waals surface area contributed by atoms with E-state index in [4.69, 9.17) is 21.2 Å². The summed E-state index contributed by atoms with van der Waals surface area (Å²) in [6, 6.07) is 5.83. The number of benzene rings is 1. The molecule has 0 aliphatic carbocycles. The largest absolute Gasteiger partial charge is 0.424 e. The number of hydrogen-bond acceptors (Lipinski definition) is 7. The SMILES string of the molecule is CO/N=c1/nc[nH]c2c1ccn2[C@@H]1O[C@H]([C@](O)(c2ccc(Cl)cc2)C(F)(F)F)[C@@H](O)[C@H]1O. The van der Waals surface area contributed by atoms with E-state index in [2.05, 4.69) is 15.1 Å². The lowest BCUT2D eigenvalue weighted by atomic mass is 9.84. The molecule has 0 radical (unpaired) electrons. The van der Waals surface area contributed by atoms with E-state index < -0.39 is 41.9 Å². The molecule has 1 aromatic carbocycles. The number of H-pyrrole nitrogens is 1. The predicted octanol–water partition coefficient (Wildman–Crippen LogP) is 1.55. The second kappa shape index (κ2) is 8.05. The van der Waals surface area contributed by atoms with Crippen LogP contribution in [-0.4, -0.2) is 61.5 Å². The average Bonchev–Trinajstić information content (AvgIpc) is 3.30. The molecule has 0 amide bonds. The van der Waals surface area contributed by atoms with Crippen molar-refractivity contribution in [3.63, 3.8) is 0 Å². The average molecular weight is 475 g/mol. The molecule has 0 bridgehead atoms. The van der Waals surface area contributed by atoms with Gasteiger partial charge in [-0.3, -0.25) is 0 Å². The van der Waals surface area contributed by atoms with Crippen LogP contribution in [0.3, 0.4) is 0 Å². The third-order valence-corrected chi connectivity index (χ3v) is 5.61. The highest BCUT2D eigenvalue weighted by Gasteiger charge is 2.66. The molecule has 1 aliphatic rings. The fourth-order valence-corrected chi connectivity index (χ4v) is 3.93. The van der Waals surface area contributed by atoms with Gasteiger partial charge in [0.2, 0.25) is 11.1 Å². The predicted molar refractivity (Wildman–Crippen MR) is 104 cm³/mol. The maximum atomic E-state index is 14.1. The summed E-state index contributed by atoms with van der Waals surface area (Å²) >= 11 is 5.76. The summed E-state index contributed by atoms with van der Waals surface area (Å²) in [5.41, 5.74) is -3.76. The summed E-state index contributed by atoms with van der Waals surface area (Å²) in [6.45, 7) is 0. The third-order valence-electron chi connectivity index (χ3n) is 5.36. The molecular formula is C19H18ClF3N4O5. The number of hydrogen-bond donors (Lipinski definition) is 4. The highest BCUT2D eigenvalue weighted by Crippen LogP contribution is 2.48. The van der Waals surface area contributed by atoms with E-state index in [1.54, 1.807) is 0 Å². The van der Waals surface area contributed by atoms with Gasteiger partial charge in [0.05, 0.1) is 11.7 Å². The Bertz CT molecular complexity index is 1180. The van der Waals surface area contributed by atoms with E-state index in [1.807, 2.05) is 0 Å². The Morgan fingerprint density at radius 1 is 1.19 bits per heavy atom. The van der Waals surface area contributed by atoms with Crippen LogP contribution in [0.1, 0.15) is 11.8 Å². The zero-order valence-electron chi connectivity index (χ0n) is 16.4. The van der Waals surface area contributed by atoms with Crippen molar-refractivity contribution in [2.45, 2.75) is 36.3 Å². The van der Waals surface area contributed by atoms with E-state index >= 15 is 0 Å². The molecule has 32 heavy (non-hydrogen) atoms. The Morgan fingerprint density at radius 3 is 2.50 bits per heavy atom. The van der Waals surface area contributed by atoms with E-state index in [0.29, 0.717) is 5.39 Å². The summed E-state index contributed by atoms with van der Waals surface area (Å²) in [5.74, 6) is 0. The van der Waals surface area contributed by atoms with Crippen LogP contribution in [0, 0.1) is 0 Å². The Balaban J connectivity index is 1.79. The van der Waals surface area contributed by atoms with Crippen LogP contribution in [0.2, 0.25) is 5.02 Å². The highest BCUT2D eigenvalue weighted by molar-refractivity contribution is 6.30. The molecule has 4 rings (SSSR count). The van der Waals surface area contributed by atoms with E-state index in [1.165, 1.54) is 42.4 Å². The number of nitrogens with zero attached hydrogens (tertiary/aromatic N) is 3. The molecule has 1 aliphatic heterocycles. The zero-order valence-corrected chi connectivity index (χ0v) is 17.1. The Labute approximate surface area is 183 Å². The molecule has 1 saturated heterocycles. The topological polar surface area (TPSA) is 125 Å². The van der Waals surface area contributed by atoms with Crippen LogP contribution in [0.4, 0.5) is 13.2 Å². The lowest BCUT2D eigenvalue weighted by Gasteiger charge is -2.37. The minimum atomic E-state index is -5.25. The molecule has 13 heteroatoms. The molecule has 3 heterocycles. The number of aromatic nitrogens is 3. The van der Waals surface area contributed by atoms with E-state index in [-0.39, 0.29) is 16.2 Å². The molecule has 3 aromatic rings. The van der Waals surface area contributed by atoms with Gasteiger partial charge < -0.3 is 34.4 Å². The monoisotopic (exact) mass is 474 g/mol. The van der Waals surface area contributed by atoms with Crippen LogP contribution < -0.4 is 5.49 Å². The first-order chi connectivity index (χ1) is 15.1. The van der Waals surface area contributed by atoms with Gasteiger partial charge >= 0.3 is 6.18 Å². The number of aromatic amines is 1. The van der Waals surface area contributed by atoms with Gasteiger partial charge in [0.25, 0.3) is 0 Å². The zero-order chi connectivity index (χ0) is 23.3. The molecule has 2 aromatic heterocycles. The van der Waals surface area contributed by atoms with Crippen LogP contribution in [0.25, 0.3) is 11.0 Å². The van der Waals surface area contributed by atoms with Gasteiger partial charge in [0.1, 0.15) is 31.1 Å². The number of halogens is 4. The molecule has 0 unspecified atom stereocenters. The Kier molecular flexibility index (Phi) is 5.67. The van der Waals surface area contributed by atoms with Gasteiger partial charge in [-0.15, -0.1) is 0 Å². The number of fused-ring (bicyclic) bond motifs is 1. The molecule has 172 valence electrons. The van der Waals surface area contributed by atoms with Crippen molar-refractivity contribution in [1.29, 1.82) is 0 Å². The first-order valence-corrected chi connectivity index (χ1v) is 9.65. The lowest BCUT2D eigenvalue weighted by molar-refractivity contribution is -0.310. The first kappa shape index (κ1) is 22.6. The standard InChI is InChI=1S/C19H18ClF3N4O5/c1-31-26-15-11-6-7-27(16(11)25-8-24-15)17-13(29)12(28)14(32-17)18(30,19(21,22)23)9-2-4-10(20)5-3-9/h2-8,12-14,17,28-30H,1H3,(H,24,25,26)/t12-,13+,14-,17+,18+/m0/s1. The summed E-state index contributed by atoms with van der Waals surface area (Å²) in [6.07, 6.45) is -10.2. The summed E-state index contributed by atoms with van der Waals surface area (Å²) in [7, 11) is 1.32. The maximum absolute atomic E-state index is 14.1. The summed E-state index contributed by atoms with van der Waals surface area (Å²) < 4.78 is 49.0. The Hall–Kier alpha value is -2.64. The van der Waals surface area contributed by atoms with Crippen molar-refractivity contribution in [2.75, 3.05) is 7.11 Å². The first-order valence-electron chi connectivity index (χ1n) is 9.27. The minimum absolute atomic E-state index is 0.157. The number of aliphatic hydroxyl groups is 3. The third kappa shape index (κ3) is 3.44. The van der Waals surface area contributed by atoms with Crippen molar-refractivity contribution in [2.24, 2.45) is 5.16 Å². The van der Waals surface area contributed by atoms with Crippen molar-refractivity contribution in [3.8, 4) is 0 Å². The second-order valence-corrected chi connectivity index (χ2v) is 7.62. The van der Waals surface area contributed by atoms with Gasteiger partial charge in [0, 0.05) is 11.2 Å². The molecular weight excluding hydrogens is 457 g/mol. The summed E-state index contributed by atoms with van der Waals surface area (Å²) in [5, 5.41) is 36.2. The van der Waals surface area contributed by atoms with Crippen molar-refractivity contribution >= 4 is 22.6 Å². The van der Waals surface area contributed by atoms with Crippen LogP contribution in [-0.2, 0) is 15.2 Å². The second-order valence-electron chi connectivity index (χ2n) is 7.18. The molecule has 9 nitrogen and oxygen atoms in total. The van der Waals surface area contributed by atoms with Gasteiger partial charge in [-0.05, 0) is 23.8 Å². The molecule has 0 spiro atoms. The normalized spacial score (nSPS) is 26.4.